The number of hydrogen-bond acceptors (Lipinski definition) is 2. The fourth-order valence-electron chi connectivity index (χ4n) is 1.40. The first-order chi connectivity index (χ1) is 7.84. The smallest absolute Gasteiger partial charge is 0.426 e. The zero-order valence-electron chi connectivity index (χ0n) is 10.2. The van der Waals surface area contributed by atoms with Crippen LogP contribution in [0, 0.1) is 0 Å². The van der Waals surface area contributed by atoms with Crippen LogP contribution in [0.4, 0.5) is 5.69 Å². The van der Waals surface area contributed by atoms with E-state index in [-0.39, 0.29) is 17.1 Å². The molecular formula is C14H20FeN2. The van der Waals surface area contributed by atoms with Gasteiger partial charge in [0.1, 0.15) is 0 Å². The van der Waals surface area contributed by atoms with Gasteiger partial charge in [0.2, 0.25) is 0 Å². The summed E-state index contributed by atoms with van der Waals surface area (Å²) in [4.78, 5) is 2.22. The number of nitrogens with zero attached hydrogens (tertiary/aromatic N) is 1. The molecule has 0 saturated carbocycles. The monoisotopic (exact) mass is 272 g/mol. The van der Waals surface area contributed by atoms with Gasteiger partial charge in [0.05, 0.1) is 0 Å². The molecule has 2 N–H and O–H groups in total. The molecule has 0 aliphatic carbocycles. The van der Waals surface area contributed by atoms with E-state index in [1.54, 1.807) is 0 Å². The Morgan fingerprint density at radius 2 is 1.71 bits per heavy atom. The molecular weight excluding hydrogens is 252 g/mol. The Morgan fingerprint density at radius 1 is 1.12 bits per heavy atom. The van der Waals surface area contributed by atoms with E-state index in [4.69, 9.17) is 5.73 Å². The van der Waals surface area contributed by atoms with Gasteiger partial charge < -0.3 is 10.6 Å². The molecule has 0 bridgehead atoms. The molecule has 0 aromatic heterocycles. The van der Waals surface area contributed by atoms with Gasteiger partial charge >= 0.3 is 17.1 Å². The molecule has 0 aliphatic heterocycles. The second-order valence-electron chi connectivity index (χ2n) is 3.67. The quantitative estimate of drug-likeness (QED) is 0.684. The first kappa shape index (κ1) is 16.0. The van der Waals surface area contributed by atoms with Gasteiger partial charge in [0.25, 0.3) is 0 Å². The van der Waals surface area contributed by atoms with Crippen molar-refractivity contribution in [1.29, 1.82) is 0 Å². The van der Waals surface area contributed by atoms with Crippen molar-refractivity contribution >= 4 is 5.69 Å². The molecule has 2 nitrogen and oxygen atoms in total. The second kappa shape index (κ2) is 10.2. The van der Waals surface area contributed by atoms with Crippen molar-refractivity contribution in [3.05, 3.63) is 54.6 Å². The largest absolute Gasteiger partial charge is 2.00 e. The molecule has 0 radical (unpaired) electrons. The second-order valence-corrected chi connectivity index (χ2v) is 3.67. The van der Waals surface area contributed by atoms with Crippen LogP contribution in [0.1, 0.15) is 6.42 Å². The normalized spacial score (nSPS) is 8.82. The van der Waals surface area contributed by atoms with Gasteiger partial charge in [-0.15, -0.1) is 0 Å². The average molecular weight is 272 g/mol. The fraction of sp³-hybridized carbons (Fsp3) is 0.286. The maximum atomic E-state index is 5.40. The van der Waals surface area contributed by atoms with Gasteiger partial charge in [0.15, 0.2) is 0 Å². The number of anilines is 1. The molecule has 3 heteroatoms. The Balaban J connectivity index is 0.000000360. The van der Waals surface area contributed by atoms with E-state index in [1.807, 2.05) is 42.5 Å². The van der Waals surface area contributed by atoms with Crippen LogP contribution in [0.3, 0.4) is 0 Å². The van der Waals surface area contributed by atoms with Crippen LogP contribution in [0.15, 0.2) is 54.6 Å². The summed E-state index contributed by atoms with van der Waals surface area (Å²) >= 11 is 0. The zero-order valence-corrected chi connectivity index (χ0v) is 11.3. The van der Waals surface area contributed by atoms with Crippen molar-refractivity contribution in [2.24, 2.45) is 5.73 Å². The summed E-state index contributed by atoms with van der Waals surface area (Å²) in [6, 6.07) is 18.3. The summed E-state index contributed by atoms with van der Waals surface area (Å²) in [7, 11) is 2.09. The van der Waals surface area contributed by atoms with Crippen molar-refractivity contribution in [3.63, 3.8) is 0 Å². The molecule has 94 valence electrons. The minimum atomic E-state index is 0. The number of hydrogen-bond donors (Lipinski definition) is 1. The standard InChI is InChI=1S/C9H15N2.C5H5.Fe/c1-11(8-4-7-10)9-5-2-3-6-9;1-2-4-5-3-1;/h2-3,5-6H,4,7-8,10H2,1H3;1-5H;/q2*-1;+2. The van der Waals surface area contributed by atoms with Crippen LogP contribution >= 0.6 is 0 Å². The van der Waals surface area contributed by atoms with E-state index in [0.717, 1.165) is 19.5 Å². The Hall–Kier alpha value is -1.02. The molecule has 0 saturated heterocycles. The predicted octanol–water partition coefficient (Wildman–Crippen LogP) is 2.59. The summed E-state index contributed by atoms with van der Waals surface area (Å²) in [5, 5.41) is 0. The Kier molecular flexibility index (Phi) is 9.54. The maximum absolute atomic E-state index is 5.40. The molecule has 0 heterocycles. The summed E-state index contributed by atoms with van der Waals surface area (Å²) in [5.41, 5.74) is 6.68. The van der Waals surface area contributed by atoms with Gasteiger partial charge in [-0.1, -0.05) is 5.69 Å². The van der Waals surface area contributed by atoms with Gasteiger partial charge in [-0.05, 0) is 20.0 Å². The molecule has 2 rings (SSSR count). The van der Waals surface area contributed by atoms with Crippen LogP contribution in [0.2, 0.25) is 0 Å². The Labute approximate surface area is 115 Å². The van der Waals surface area contributed by atoms with E-state index in [0.29, 0.717) is 0 Å². The molecule has 0 amide bonds. The number of nitrogens with two attached hydrogens (primary N) is 1. The number of rotatable bonds is 4. The third-order valence-electron chi connectivity index (χ3n) is 2.34. The first-order valence-corrected chi connectivity index (χ1v) is 5.64. The van der Waals surface area contributed by atoms with E-state index < -0.39 is 0 Å². The van der Waals surface area contributed by atoms with Crippen LogP contribution in [0.5, 0.6) is 0 Å². The molecule has 0 unspecified atom stereocenters. The topological polar surface area (TPSA) is 29.3 Å². The summed E-state index contributed by atoms with van der Waals surface area (Å²) in [5.74, 6) is 0. The van der Waals surface area contributed by atoms with Crippen molar-refractivity contribution < 1.29 is 17.1 Å². The predicted molar refractivity (Wildman–Crippen MR) is 71.0 cm³/mol. The van der Waals surface area contributed by atoms with Crippen molar-refractivity contribution in [2.75, 3.05) is 25.0 Å². The third-order valence-corrected chi connectivity index (χ3v) is 2.34. The maximum Gasteiger partial charge on any atom is 2.00 e. The van der Waals surface area contributed by atoms with Gasteiger partial charge in [0, 0.05) is 6.54 Å². The summed E-state index contributed by atoms with van der Waals surface area (Å²) in [6.07, 6.45) is 1.06. The first-order valence-electron chi connectivity index (χ1n) is 5.64. The molecule has 17 heavy (non-hydrogen) atoms. The van der Waals surface area contributed by atoms with E-state index in [2.05, 4.69) is 24.1 Å². The van der Waals surface area contributed by atoms with E-state index in [1.165, 1.54) is 5.69 Å². The molecule has 2 aromatic rings. The molecule has 0 fully saturated rings. The van der Waals surface area contributed by atoms with Crippen molar-refractivity contribution in [1.82, 2.24) is 0 Å². The minimum Gasteiger partial charge on any atom is -0.426 e. The average Bonchev–Trinajstić information content (AvgIpc) is 2.98. The Bertz CT molecular complexity index is 310. The van der Waals surface area contributed by atoms with Crippen LogP contribution in [0.25, 0.3) is 0 Å². The van der Waals surface area contributed by atoms with E-state index >= 15 is 0 Å². The minimum absolute atomic E-state index is 0. The van der Waals surface area contributed by atoms with E-state index in [9.17, 15) is 0 Å². The van der Waals surface area contributed by atoms with Crippen molar-refractivity contribution in [2.45, 2.75) is 6.42 Å². The summed E-state index contributed by atoms with van der Waals surface area (Å²) in [6.45, 7) is 1.81. The van der Waals surface area contributed by atoms with Crippen LogP contribution < -0.4 is 10.6 Å². The molecule has 0 spiro atoms. The SMILES string of the molecule is CN(CCCN)[c-]1cccc1.[Fe+2].c1cc[cH-]c1. The van der Waals surface area contributed by atoms with Gasteiger partial charge in [-0.3, -0.25) is 0 Å². The summed E-state index contributed by atoms with van der Waals surface area (Å²) < 4.78 is 0. The zero-order chi connectivity index (χ0) is 11.6. The van der Waals surface area contributed by atoms with Crippen LogP contribution in [-0.2, 0) is 17.1 Å². The third kappa shape index (κ3) is 7.01. The Morgan fingerprint density at radius 3 is 2.12 bits per heavy atom. The molecule has 0 atom stereocenters. The van der Waals surface area contributed by atoms with Crippen LogP contribution in [-0.4, -0.2) is 20.1 Å². The van der Waals surface area contributed by atoms with Gasteiger partial charge in [-0.2, -0.15) is 30.3 Å². The van der Waals surface area contributed by atoms with Crippen molar-refractivity contribution in [3.8, 4) is 0 Å². The molecule has 0 aliphatic rings. The molecule has 2 aromatic carbocycles. The fourth-order valence-corrected chi connectivity index (χ4v) is 1.40. The van der Waals surface area contributed by atoms with Gasteiger partial charge in [-0.25, -0.2) is 24.3 Å².